The van der Waals surface area contributed by atoms with Gasteiger partial charge in [0, 0.05) is 5.75 Å². The van der Waals surface area contributed by atoms with Crippen LogP contribution < -0.4 is 11.3 Å². The van der Waals surface area contributed by atoms with Crippen molar-refractivity contribution >= 4 is 17.7 Å². The summed E-state index contributed by atoms with van der Waals surface area (Å²) < 4.78 is 0. The van der Waals surface area contributed by atoms with Crippen LogP contribution in [0.2, 0.25) is 0 Å². The predicted octanol–water partition coefficient (Wildman–Crippen LogP) is -1.30. The Morgan fingerprint density at radius 2 is 2.44 bits per heavy atom. The molecule has 0 aromatic rings. The zero-order chi connectivity index (χ0) is 7.11. The van der Waals surface area contributed by atoms with Crippen molar-refractivity contribution in [2.75, 3.05) is 18.1 Å². The summed E-state index contributed by atoms with van der Waals surface area (Å²) in [5, 5.41) is 8.27. The minimum absolute atomic E-state index is 0.0997. The average Bonchev–Trinajstić information content (AvgIpc) is 1.89. The number of nitrogens with one attached hydrogen (secondary N) is 1. The lowest BCUT2D eigenvalue weighted by Gasteiger charge is -1.95. The molecule has 0 spiro atoms. The lowest BCUT2D eigenvalue weighted by Crippen LogP contribution is -2.31. The maximum absolute atomic E-state index is 10.3. The molecule has 0 rings (SSSR count). The van der Waals surface area contributed by atoms with E-state index >= 15 is 0 Å². The van der Waals surface area contributed by atoms with E-state index in [2.05, 4.69) is 0 Å². The molecular formula is C4H10N2O2S. The molecule has 0 atom stereocenters. The lowest BCUT2D eigenvalue weighted by molar-refractivity contribution is -0.118. The Morgan fingerprint density at radius 3 is 2.89 bits per heavy atom. The number of hydrazine groups is 1. The van der Waals surface area contributed by atoms with Gasteiger partial charge in [0.25, 0.3) is 0 Å². The van der Waals surface area contributed by atoms with Gasteiger partial charge in [-0.2, -0.15) is 0 Å². The number of thioether (sulfide) groups is 1. The van der Waals surface area contributed by atoms with Crippen molar-refractivity contribution in [1.29, 1.82) is 0 Å². The molecule has 0 aliphatic carbocycles. The number of aliphatic hydroxyl groups is 1. The third-order valence-corrected chi connectivity index (χ3v) is 1.57. The molecule has 0 bridgehead atoms. The second kappa shape index (κ2) is 5.87. The van der Waals surface area contributed by atoms with Gasteiger partial charge in [0.1, 0.15) is 0 Å². The maximum atomic E-state index is 10.3. The van der Waals surface area contributed by atoms with E-state index in [0.717, 1.165) is 0 Å². The highest BCUT2D eigenvalue weighted by molar-refractivity contribution is 7.99. The van der Waals surface area contributed by atoms with E-state index in [1.165, 1.54) is 11.8 Å². The van der Waals surface area contributed by atoms with Crippen molar-refractivity contribution in [3.8, 4) is 0 Å². The number of aliphatic hydroxyl groups excluding tert-OH is 1. The van der Waals surface area contributed by atoms with Crippen molar-refractivity contribution in [2.24, 2.45) is 5.84 Å². The molecular weight excluding hydrogens is 140 g/mol. The van der Waals surface area contributed by atoms with E-state index in [1.807, 2.05) is 5.43 Å². The van der Waals surface area contributed by atoms with Crippen LogP contribution >= 0.6 is 11.8 Å². The number of carbonyl (C=O) groups is 1. The molecule has 5 heteroatoms. The highest BCUT2D eigenvalue weighted by Crippen LogP contribution is 1.95. The van der Waals surface area contributed by atoms with Crippen molar-refractivity contribution in [3.05, 3.63) is 0 Å². The monoisotopic (exact) mass is 150 g/mol. The highest BCUT2D eigenvalue weighted by Gasteiger charge is 1.95. The Hall–Kier alpha value is -0.260. The van der Waals surface area contributed by atoms with Gasteiger partial charge < -0.3 is 5.11 Å². The van der Waals surface area contributed by atoms with Crippen LogP contribution in [0.5, 0.6) is 0 Å². The zero-order valence-corrected chi connectivity index (χ0v) is 5.78. The first-order chi connectivity index (χ1) is 4.31. The van der Waals surface area contributed by atoms with Gasteiger partial charge in [-0.15, -0.1) is 11.8 Å². The zero-order valence-electron chi connectivity index (χ0n) is 4.96. The van der Waals surface area contributed by atoms with Crippen molar-refractivity contribution in [3.63, 3.8) is 0 Å². The molecule has 0 aromatic heterocycles. The van der Waals surface area contributed by atoms with Gasteiger partial charge in [0.05, 0.1) is 12.4 Å². The van der Waals surface area contributed by atoms with Crippen LogP contribution in [-0.4, -0.2) is 29.1 Å². The first kappa shape index (κ1) is 8.74. The van der Waals surface area contributed by atoms with E-state index in [9.17, 15) is 4.79 Å². The van der Waals surface area contributed by atoms with Crippen LogP contribution in [0.25, 0.3) is 0 Å². The quantitative estimate of drug-likeness (QED) is 0.201. The number of hydrogen-bond donors (Lipinski definition) is 3. The summed E-state index contributed by atoms with van der Waals surface area (Å²) in [6.45, 7) is 0.0997. The number of nitrogens with two attached hydrogens (primary N) is 1. The van der Waals surface area contributed by atoms with Crippen LogP contribution in [0.3, 0.4) is 0 Å². The molecule has 0 saturated heterocycles. The van der Waals surface area contributed by atoms with Crippen LogP contribution in [0.15, 0.2) is 0 Å². The van der Waals surface area contributed by atoms with Crippen LogP contribution in [0.1, 0.15) is 0 Å². The van der Waals surface area contributed by atoms with Gasteiger partial charge in [-0.1, -0.05) is 0 Å². The summed E-state index contributed by atoms with van der Waals surface area (Å²) in [4.78, 5) is 10.3. The fourth-order valence-electron chi connectivity index (χ4n) is 0.271. The topological polar surface area (TPSA) is 75.3 Å². The molecule has 0 fully saturated rings. The number of amides is 1. The second-order valence-corrected chi connectivity index (χ2v) is 2.45. The molecule has 0 aliphatic heterocycles. The summed E-state index contributed by atoms with van der Waals surface area (Å²) in [6.07, 6.45) is 0. The van der Waals surface area contributed by atoms with Crippen LogP contribution in [0, 0.1) is 0 Å². The highest BCUT2D eigenvalue weighted by atomic mass is 32.2. The predicted molar refractivity (Wildman–Crippen MR) is 36.7 cm³/mol. The van der Waals surface area contributed by atoms with Gasteiger partial charge in [-0.05, 0) is 0 Å². The largest absolute Gasteiger partial charge is 0.396 e. The minimum Gasteiger partial charge on any atom is -0.396 e. The summed E-state index contributed by atoms with van der Waals surface area (Å²) in [6, 6.07) is 0. The van der Waals surface area contributed by atoms with Crippen molar-refractivity contribution < 1.29 is 9.90 Å². The molecule has 0 aromatic carbocycles. The maximum Gasteiger partial charge on any atom is 0.243 e. The fraction of sp³-hybridized carbons (Fsp3) is 0.750. The summed E-state index contributed by atoms with van der Waals surface area (Å²) in [7, 11) is 0. The Kier molecular flexibility index (Phi) is 5.70. The summed E-state index contributed by atoms with van der Waals surface area (Å²) >= 11 is 1.34. The van der Waals surface area contributed by atoms with Crippen molar-refractivity contribution in [2.45, 2.75) is 0 Å². The van der Waals surface area contributed by atoms with Gasteiger partial charge in [0.2, 0.25) is 5.91 Å². The molecule has 4 N–H and O–H groups in total. The Bertz CT molecular complexity index is 88.6. The SMILES string of the molecule is NNC(=O)CSCCO. The molecule has 0 aliphatic rings. The summed E-state index contributed by atoms with van der Waals surface area (Å²) in [5.41, 5.74) is 1.98. The van der Waals surface area contributed by atoms with Gasteiger partial charge in [0.15, 0.2) is 0 Å². The van der Waals surface area contributed by atoms with E-state index < -0.39 is 0 Å². The molecule has 9 heavy (non-hydrogen) atoms. The Balaban J connectivity index is 2.97. The van der Waals surface area contributed by atoms with Gasteiger partial charge in [-0.25, -0.2) is 5.84 Å². The fourth-order valence-corrected chi connectivity index (χ4v) is 0.813. The van der Waals surface area contributed by atoms with Crippen molar-refractivity contribution in [1.82, 2.24) is 5.43 Å². The first-order valence-corrected chi connectivity index (χ1v) is 3.64. The second-order valence-electron chi connectivity index (χ2n) is 1.34. The smallest absolute Gasteiger partial charge is 0.243 e. The van der Waals surface area contributed by atoms with E-state index in [0.29, 0.717) is 11.5 Å². The molecule has 1 amide bonds. The number of hydrogen-bond acceptors (Lipinski definition) is 4. The lowest BCUT2D eigenvalue weighted by atomic mass is 10.7. The molecule has 0 heterocycles. The minimum atomic E-state index is -0.214. The number of carbonyl (C=O) groups excluding carboxylic acids is 1. The first-order valence-electron chi connectivity index (χ1n) is 2.49. The molecule has 0 radical (unpaired) electrons. The number of rotatable bonds is 4. The average molecular weight is 150 g/mol. The van der Waals surface area contributed by atoms with Gasteiger partial charge in [-0.3, -0.25) is 10.2 Å². The third-order valence-electron chi connectivity index (χ3n) is 0.630. The third kappa shape index (κ3) is 5.61. The van der Waals surface area contributed by atoms with E-state index in [4.69, 9.17) is 10.9 Å². The molecule has 0 saturated carbocycles. The Morgan fingerprint density at radius 1 is 1.78 bits per heavy atom. The molecule has 54 valence electrons. The standard InChI is InChI=1S/C4H10N2O2S/c5-6-4(8)3-9-2-1-7/h7H,1-3,5H2,(H,6,8). The van der Waals surface area contributed by atoms with Crippen LogP contribution in [0.4, 0.5) is 0 Å². The van der Waals surface area contributed by atoms with E-state index in [-0.39, 0.29) is 12.5 Å². The summed E-state index contributed by atoms with van der Waals surface area (Å²) in [5.74, 6) is 5.46. The Labute approximate surface area is 57.8 Å². The van der Waals surface area contributed by atoms with E-state index in [1.54, 1.807) is 0 Å². The van der Waals surface area contributed by atoms with Crippen LogP contribution in [-0.2, 0) is 4.79 Å². The van der Waals surface area contributed by atoms with Gasteiger partial charge >= 0.3 is 0 Å². The normalized spacial score (nSPS) is 9.11. The molecule has 4 nitrogen and oxygen atoms in total. The molecule has 0 unspecified atom stereocenters.